The quantitative estimate of drug-likeness (QED) is 0.406. The molecule has 8 nitrogen and oxygen atoms in total. The molecule has 4 N–H and O–H groups in total. The van der Waals surface area contributed by atoms with Crippen LogP contribution in [0.2, 0.25) is 0 Å². The van der Waals surface area contributed by atoms with Gasteiger partial charge in [0.25, 0.3) is 11.9 Å². The number of unbranched alkanes of at least 4 members (excludes halogenated alkanes) is 1. The van der Waals surface area contributed by atoms with E-state index in [4.69, 9.17) is 10.5 Å². The number of carbonyl (C=O) groups is 1. The van der Waals surface area contributed by atoms with E-state index in [2.05, 4.69) is 32.9 Å². The number of ether oxygens (including phenoxy) is 1. The number of nitrogens with one attached hydrogen (secondary N) is 2. The summed E-state index contributed by atoms with van der Waals surface area (Å²) in [5, 5.41) is 15.3. The molecule has 0 saturated carbocycles. The number of rotatable bonds is 7. The molecule has 0 aliphatic carbocycles. The van der Waals surface area contributed by atoms with E-state index in [1.54, 1.807) is 18.2 Å². The van der Waals surface area contributed by atoms with E-state index in [9.17, 15) is 4.79 Å². The Morgan fingerprint density at radius 2 is 2.36 bits per heavy atom. The fourth-order valence-electron chi connectivity index (χ4n) is 1.67. The predicted octanol–water partition coefficient (Wildman–Crippen LogP) is 1.61. The second kappa shape index (κ2) is 7.77. The van der Waals surface area contributed by atoms with Crippen LogP contribution in [-0.4, -0.2) is 33.1 Å². The number of aromatic amines is 1. The molecule has 2 aromatic rings. The van der Waals surface area contributed by atoms with Crippen molar-refractivity contribution in [2.45, 2.75) is 19.8 Å². The van der Waals surface area contributed by atoms with Crippen LogP contribution in [0.25, 0.3) is 6.08 Å². The van der Waals surface area contributed by atoms with E-state index in [1.807, 2.05) is 6.07 Å². The fourth-order valence-corrected chi connectivity index (χ4v) is 1.67. The molecule has 0 unspecified atom stereocenters. The van der Waals surface area contributed by atoms with Crippen molar-refractivity contribution in [3.05, 3.63) is 29.8 Å². The maximum atomic E-state index is 11.6. The Bertz CT molecular complexity index is 639. The average molecular weight is 302 g/mol. The summed E-state index contributed by atoms with van der Waals surface area (Å²) in [4.78, 5) is 11.6. The van der Waals surface area contributed by atoms with Crippen molar-refractivity contribution in [2.75, 3.05) is 17.7 Å². The van der Waals surface area contributed by atoms with Gasteiger partial charge in [0, 0.05) is 6.08 Å². The highest BCUT2D eigenvalue weighted by molar-refractivity contribution is 6.00. The first-order valence-corrected chi connectivity index (χ1v) is 6.94. The SMILES string of the molecule is CCCCOc1ccc(/C=C\C(=O)Nc2nn[nH]n2)cc1N. The molecule has 0 aliphatic rings. The van der Waals surface area contributed by atoms with Gasteiger partial charge in [-0.05, 0) is 35.4 Å². The van der Waals surface area contributed by atoms with Gasteiger partial charge in [-0.3, -0.25) is 10.1 Å². The molecule has 116 valence electrons. The van der Waals surface area contributed by atoms with Crippen LogP contribution in [-0.2, 0) is 4.79 Å². The third kappa shape index (κ3) is 4.58. The second-order valence-electron chi connectivity index (χ2n) is 4.56. The van der Waals surface area contributed by atoms with Crippen LogP contribution in [0, 0.1) is 0 Å². The van der Waals surface area contributed by atoms with Gasteiger partial charge in [-0.1, -0.05) is 24.5 Å². The molecule has 0 atom stereocenters. The lowest BCUT2D eigenvalue weighted by Crippen LogP contribution is -2.09. The van der Waals surface area contributed by atoms with Gasteiger partial charge in [-0.2, -0.15) is 5.21 Å². The number of carbonyl (C=O) groups excluding carboxylic acids is 1. The summed E-state index contributed by atoms with van der Waals surface area (Å²) in [7, 11) is 0. The van der Waals surface area contributed by atoms with Crippen molar-refractivity contribution in [1.82, 2.24) is 20.6 Å². The maximum Gasteiger partial charge on any atom is 0.270 e. The van der Waals surface area contributed by atoms with Gasteiger partial charge in [0.15, 0.2) is 0 Å². The van der Waals surface area contributed by atoms with E-state index in [0.29, 0.717) is 18.0 Å². The van der Waals surface area contributed by atoms with Gasteiger partial charge in [-0.25, -0.2) is 0 Å². The lowest BCUT2D eigenvalue weighted by molar-refractivity contribution is -0.111. The molecular formula is C14H18N6O2. The van der Waals surface area contributed by atoms with Gasteiger partial charge in [0.05, 0.1) is 12.3 Å². The molecule has 22 heavy (non-hydrogen) atoms. The molecule has 8 heteroatoms. The molecule has 0 aliphatic heterocycles. The van der Waals surface area contributed by atoms with Crippen molar-refractivity contribution < 1.29 is 9.53 Å². The van der Waals surface area contributed by atoms with Crippen molar-refractivity contribution in [3.8, 4) is 5.75 Å². The summed E-state index contributed by atoms with van der Waals surface area (Å²) in [6.07, 6.45) is 5.05. The van der Waals surface area contributed by atoms with Crippen LogP contribution >= 0.6 is 0 Å². The smallest absolute Gasteiger partial charge is 0.270 e. The zero-order chi connectivity index (χ0) is 15.8. The third-order valence-corrected chi connectivity index (χ3v) is 2.80. The molecule has 0 spiro atoms. The minimum Gasteiger partial charge on any atom is -0.491 e. The Balaban J connectivity index is 1.93. The van der Waals surface area contributed by atoms with Crippen LogP contribution in [0.3, 0.4) is 0 Å². The fraction of sp³-hybridized carbons (Fsp3) is 0.286. The van der Waals surface area contributed by atoms with Gasteiger partial charge in [0.2, 0.25) is 0 Å². The number of aromatic nitrogens is 4. The molecule has 0 radical (unpaired) electrons. The lowest BCUT2D eigenvalue weighted by atomic mass is 10.1. The standard InChI is InChI=1S/C14H18N6O2/c1-2-3-8-22-12-6-4-10(9-11(12)15)5-7-13(21)16-14-17-19-20-18-14/h4-7,9H,2-3,8,15H2,1H3,(H2,16,17,18,19,20,21)/b7-5-. The van der Waals surface area contributed by atoms with E-state index < -0.39 is 0 Å². The topological polar surface area (TPSA) is 119 Å². The summed E-state index contributed by atoms with van der Waals surface area (Å²) in [6, 6.07) is 5.37. The van der Waals surface area contributed by atoms with Crippen LogP contribution in [0.5, 0.6) is 5.75 Å². The number of tetrazole rings is 1. The summed E-state index contributed by atoms with van der Waals surface area (Å²) in [5.74, 6) is 0.416. The molecule has 0 saturated heterocycles. The highest BCUT2D eigenvalue weighted by Gasteiger charge is 2.03. The lowest BCUT2D eigenvalue weighted by Gasteiger charge is -2.08. The van der Waals surface area contributed by atoms with Gasteiger partial charge in [-0.15, -0.1) is 5.10 Å². The minimum absolute atomic E-state index is 0.119. The van der Waals surface area contributed by atoms with E-state index in [1.165, 1.54) is 6.08 Å². The van der Waals surface area contributed by atoms with E-state index >= 15 is 0 Å². The Kier molecular flexibility index (Phi) is 5.47. The number of anilines is 2. The summed E-state index contributed by atoms with van der Waals surface area (Å²) in [6.45, 7) is 2.74. The number of hydrogen-bond acceptors (Lipinski definition) is 6. The first-order valence-electron chi connectivity index (χ1n) is 6.94. The highest BCUT2D eigenvalue weighted by atomic mass is 16.5. The van der Waals surface area contributed by atoms with Crippen molar-refractivity contribution in [3.63, 3.8) is 0 Å². The summed E-state index contributed by atoms with van der Waals surface area (Å²) >= 11 is 0. The van der Waals surface area contributed by atoms with Gasteiger partial charge >= 0.3 is 0 Å². The predicted molar refractivity (Wildman–Crippen MR) is 83.1 cm³/mol. The number of hydrogen-bond donors (Lipinski definition) is 3. The minimum atomic E-state index is -0.358. The molecular weight excluding hydrogens is 284 g/mol. The van der Waals surface area contributed by atoms with E-state index in [-0.39, 0.29) is 11.9 Å². The first-order chi connectivity index (χ1) is 10.7. The monoisotopic (exact) mass is 302 g/mol. The molecule has 0 bridgehead atoms. The van der Waals surface area contributed by atoms with Crippen LogP contribution in [0.1, 0.15) is 25.3 Å². The number of nitrogens with zero attached hydrogens (tertiary/aromatic N) is 3. The van der Waals surface area contributed by atoms with Crippen molar-refractivity contribution >= 4 is 23.6 Å². The molecule has 2 rings (SSSR count). The first kappa shape index (κ1) is 15.5. The van der Waals surface area contributed by atoms with E-state index in [0.717, 1.165) is 18.4 Å². The normalized spacial score (nSPS) is 10.8. The largest absolute Gasteiger partial charge is 0.491 e. The molecule has 1 aromatic carbocycles. The average Bonchev–Trinajstić information content (AvgIpc) is 3.00. The zero-order valence-electron chi connectivity index (χ0n) is 12.2. The second-order valence-corrected chi connectivity index (χ2v) is 4.56. The maximum absolute atomic E-state index is 11.6. The zero-order valence-corrected chi connectivity index (χ0v) is 12.2. The Labute approximate surface area is 127 Å². The molecule has 1 aromatic heterocycles. The molecule has 0 fully saturated rings. The third-order valence-electron chi connectivity index (χ3n) is 2.80. The number of H-pyrrole nitrogens is 1. The molecule has 1 amide bonds. The highest BCUT2D eigenvalue weighted by Crippen LogP contribution is 2.23. The Hall–Kier alpha value is -2.90. The van der Waals surface area contributed by atoms with Crippen molar-refractivity contribution in [1.29, 1.82) is 0 Å². The Morgan fingerprint density at radius 3 is 3.05 bits per heavy atom. The van der Waals surface area contributed by atoms with Gasteiger partial charge < -0.3 is 10.5 Å². The number of nitrogen functional groups attached to an aromatic ring is 1. The Morgan fingerprint density at radius 1 is 1.50 bits per heavy atom. The number of nitrogens with two attached hydrogens (primary N) is 1. The molecule has 1 heterocycles. The van der Waals surface area contributed by atoms with Crippen LogP contribution in [0.4, 0.5) is 11.6 Å². The van der Waals surface area contributed by atoms with Crippen LogP contribution < -0.4 is 15.8 Å². The van der Waals surface area contributed by atoms with Gasteiger partial charge in [0.1, 0.15) is 5.75 Å². The summed E-state index contributed by atoms with van der Waals surface area (Å²) in [5.41, 5.74) is 7.26. The number of amides is 1. The van der Waals surface area contributed by atoms with Crippen LogP contribution in [0.15, 0.2) is 24.3 Å². The summed E-state index contributed by atoms with van der Waals surface area (Å²) < 4.78 is 5.57. The number of benzene rings is 1. The van der Waals surface area contributed by atoms with Crippen molar-refractivity contribution in [2.24, 2.45) is 0 Å².